The molecule has 0 radical (unpaired) electrons. The van der Waals surface area contributed by atoms with Crippen LogP contribution in [0.5, 0.6) is 0 Å². The van der Waals surface area contributed by atoms with Gasteiger partial charge < -0.3 is 15.4 Å². The van der Waals surface area contributed by atoms with E-state index in [1.807, 2.05) is 66.7 Å². The Morgan fingerprint density at radius 3 is 1.80 bits per heavy atom. The van der Waals surface area contributed by atoms with Crippen LogP contribution in [0.2, 0.25) is 0 Å². The summed E-state index contributed by atoms with van der Waals surface area (Å²) in [6.45, 7) is 3.08. The van der Waals surface area contributed by atoms with E-state index in [1.54, 1.807) is 0 Å². The standard InChI is InChI=1S/C26H30N2O2/c1-2-3-19-30-26(29)28-24(21-13-7-4-8-14-21)20-27-25(22-15-9-5-10-16-22)23-17-11-6-12-18-23/h4-18,24-25,27H,2-3,19-20H2,1H3,(H,28,29). The Labute approximate surface area is 179 Å². The minimum atomic E-state index is -0.380. The molecular formula is C26H30N2O2. The van der Waals surface area contributed by atoms with Gasteiger partial charge >= 0.3 is 6.09 Å². The van der Waals surface area contributed by atoms with Crippen molar-refractivity contribution in [2.24, 2.45) is 0 Å². The summed E-state index contributed by atoms with van der Waals surface area (Å²) in [7, 11) is 0. The van der Waals surface area contributed by atoms with Gasteiger partial charge in [0.25, 0.3) is 0 Å². The van der Waals surface area contributed by atoms with Gasteiger partial charge in [-0.25, -0.2) is 4.79 Å². The molecule has 156 valence electrons. The lowest BCUT2D eigenvalue weighted by molar-refractivity contribution is 0.140. The average Bonchev–Trinajstić information content (AvgIpc) is 2.80. The number of unbranched alkanes of at least 4 members (excludes halogenated alkanes) is 1. The van der Waals surface area contributed by atoms with Crippen LogP contribution in [0.25, 0.3) is 0 Å². The number of hydrogen-bond donors (Lipinski definition) is 2. The highest BCUT2D eigenvalue weighted by Crippen LogP contribution is 2.23. The topological polar surface area (TPSA) is 50.4 Å². The van der Waals surface area contributed by atoms with Crippen LogP contribution in [0.4, 0.5) is 4.79 Å². The monoisotopic (exact) mass is 402 g/mol. The number of ether oxygens (including phenoxy) is 1. The normalized spacial score (nSPS) is 11.8. The molecule has 2 N–H and O–H groups in total. The summed E-state index contributed by atoms with van der Waals surface area (Å²) in [5.74, 6) is 0. The zero-order valence-electron chi connectivity index (χ0n) is 17.5. The highest BCUT2D eigenvalue weighted by Gasteiger charge is 2.19. The lowest BCUT2D eigenvalue weighted by Crippen LogP contribution is -2.37. The van der Waals surface area contributed by atoms with E-state index in [-0.39, 0.29) is 18.2 Å². The third-order valence-corrected chi connectivity index (χ3v) is 5.02. The summed E-state index contributed by atoms with van der Waals surface area (Å²) in [5.41, 5.74) is 3.40. The SMILES string of the molecule is CCCCOC(=O)NC(CNC(c1ccccc1)c1ccccc1)c1ccccc1. The van der Waals surface area contributed by atoms with Crippen LogP contribution in [0.1, 0.15) is 48.5 Å². The van der Waals surface area contributed by atoms with Crippen LogP contribution >= 0.6 is 0 Å². The van der Waals surface area contributed by atoms with E-state index in [9.17, 15) is 4.79 Å². The van der Waals surface area contributed by atoms with Gasteiger partial charge in [0.15, 0.2) is 0 Å². The molecule has 3 rings (SSSR count). The van der Waals surface area contributed by atoms with Crippen molar-refractivity contribution in [3.63, 3.8) is 0 Å². The van der Waals surface area contributed by atoms with E-state index in [2.05, 4.69) is 41.8 Å². The Morgan fingerprint density at radius 1 is 0.800 bits per heavy atom. The van der Waals surface area contributed by atoms with Gasteiger partial charge in [-0.05, 0) is 23.1 Å². The van der Waals surface area contributed by atoms with Gasteiger partial charge in [0.05, 0.1) is 18.7 Å². The fourth-order valence-electron chi connectivity index (χ4n) is 3.39. The maximum atomic E-state index is 12.3. The number of hydrogen-bond acceptors (Lipinski definition) is 3. The molecule has 0 spiro atoms. The van der Waals surface area contributed by atoms with Gasteiger partial charge in [0.1, 0.15) is 0 Å². The number of rotatable bonds is 10. The number of carbonyl (C=O) groups excluding carboxylic acids is 1. The van der Waals surface area contributed by atoms with E-state index in [0.717, 1.165) is 18.4 Å². The first-order valence-electron chi connectivity index (χ1n) is 10.6. The van der Waals surface area contributed by atoms with Gasteiger partial charge in [-0.2, -0.15) is 0 Å². The predicted molar refractivity (Wildman–Crippen MR) is 121 cm³/mol. The van der Waals surface area contributed by atoms with Crippen LogP contribution in [0.15, 0.2) is 91.0 Å². The van der Waals surface area contributed by atoms with Crippen molar-refractivity contribution >= 4 is 6.09 Å². The Morgan fingerprint density at radius 2 is 1.30 bits per heavy atom. The second-order valence-electron chi connectivity index (χ2n) is 7.26. The zero-order valence-corrected chi connectivity index (χ0v) is 17.5. The maximum absolute atomic E-state index is 12.3. The third-order valence-electron chi connectivity index (χ3n) is 5.02. The van der Waals surface area contributed by atoms with Crippen LogP contribution in [-0.2, 0) is 4.74 Å². The summed E-state index contributed by atoms with van der Waals surface area (Å²) in [6, 6.07) is 30.5. The Kier molecular flexibility index (Phi) is 8.48. The summed E-state index contributed by atoms with van der Waals surface area (Å²) < 4.78 is 5.33. The molecule has 3 aromatic rings. The largest absolute Gasteiger partial charge is 0.450 e. The molecule has 30 heavy (non-hydrogen) atoms. The molecule has 4 heteroatoms. The van der Waals surface area contributed by atoms with Crippen molar-refractivity contribution in [1.82, 2.24) is 10.6 Å². The number of alkyl carbamates (subject to hydrolysis) is 1. The lowest BCUT2D eigenvalue weighted by Gasteiger charge is -2.25. The molecule has 4 nitrogen and oxygen atoms in total. The van der Waals surface area contributed by atoms with Crippen LogP contribution in [0, 0.1) is 0 Å². The van der Waals surface area contributed by atoms with Crippen molar-refractivity contribution in [3.05, 3.63) is 108 Å². The Balaban J connectivity index is 1.75. The fourth-order valence-corrected chi connectivity index (χ4v) is 3.39. The number of carbonyl (C=O) groups is 1. The first kappa shape index (κ1) is 21.6. The minimum absolute atomic E-state index is 0.0246. The summed E-state index contributed by atoms with van der Waals surface area (Å²) in [4.78, 5) is 12.3. The first-order valence-corrected chi connectivity index (χ1v) is 10.6. The van der Waals surface area contributed by atoms with E-state index in [0.29, 0.717) is 13.2 Å². The van der Waals surface area contributed by atoms with E-state index < -0.39 is 0 Å². The molecule has 3 aromatic carbocycles. The average molecular weight is 403 g/mol. The molecule has 0 aliphatic heterocycles. The summed E-state index contributed by atoms with van der Waals surface area (Å²) in [6.07, 6.45) is 1.48. The second kappa shape index (κ2) is 11.8. The molecule has 0 heterocycles. The first-order chi connectivity index (χ1) is 14.8. The van der Waals surface area contributed by atoms with Gasteiger partial charge in [0.2, 0.25) is 0 Å². The van der Waals surface area contributed by atoms with Crippen molar-refractivity contribution in [2.45, 2.75) is 31.8 Å². The highest BCUT2D eigenvalue weighted by molar-refractivity contribution is 5.68. The van der Waals surface area contributed by atoms with Gasteiger partial charge in [0, 0.05) is 6.54 Å². The fraction of sp³-hybridized carbons (Fsp3) is 0.269. The molecule has 0 bridgehead atoms. The highest BCUT2D eigenvalue weighted by atomic mass is 16.5. The van der Waals surface area contributed by atoms with Gasteiger partial charge in [-0.1, -0.05) is 104 Å². The predicted octanol–water partition coefficient (Wildman–Crippen LogP) is 5.63. The van der Waals surface area contributed by atoms with Crippen molar-refractivity contribution in [2.75, 3.05) is 13.2 Å². The number of nitrogens with one attached hydrogen (secondary N) is 2. The van der Waals surface area contributed by atoms with Crippen LogP contribution < -0.4 is 10.6 Å². The molecule has 0 aromatic heterocycles. The van der Waals surface area contributed by atoms with Gasteiger partial charge in [-0.15, -0.1) is 0 Å². The van der Waals surface area contributed by atoms with Crippen molar-refractivity contribution in [3.8, 4) is 0 Å². The molecule has 0 saturated carbocycles. The molecule has 1 amide bonds. The second-order valence-corrected chi connectivity index (χ2v) is 7.26. The minimum Gasteiger partial charge on any atom is -0.450 e. The summed E-state index contributed by atoms with van der Waals surface area (Å²) >= 11 is 0. The van der Waals surface area contributed by atoms with E-state index >= 15 is 0 Å². The Bertz CT molecular complexity index is 830. The molecular weight excluding hydrogens is 372 g/mol. The van der Waals surface area contributed by atoms with Crippen molar-refractivity contribution in [1.29, 1.82) is 0 Å². The smallest absolute Gasteiger partial charge is 0.407 e. The van der Waals surface area contributed by atoms with Crippen LogP contribution in [-0.4, -0.2) is 19.2 Å². The molecule has 0 aliphatic carbocycles. The Hall–Kier alpha value is -3.11. The molecule has 0 fully saturated rings. The number of benzene rings is 3. The molecule has 1 atom stereocenters. The zero-order chi connectivity index (χ0) is 21.0. The molecule has 0 aliphatic rings. The van der Waals surface area contributed by atoms with Crippen molar-refractivity contribution < 1.29 is 9.53 Å². The van der Waals surface area contributed by atoms with Gasteiger partial charge in [-0.3, -0.25) is 0 Å². The molecule has 0 saturated heterocycles. The van der Waals surface area contributed by atoms with E-state index in [1.165, 1.54) is 11.1 Å². The van der Waals surface area contributed by atoms with E-state index in [4.69, 9.17) is 4.74 Å². The van der Waals surface area contributed by atoms with Crippen LogP contribution in [0.3, 0.4) is 0 Å². The lowest BCUT2D eigenvalue weighted by atomic mass is 9.98. The third kappa shape index (κ3) is 6.46. The quantitative estimate of drug-likeness (QED) is 0.432. The number of amides is 1. The maximum Gasteiger partial charge on any atom is 0.407 e. The summed E-state index contributed by atoms with van der Waals surface area (Å²) in [5, 5.41) is 6.68. The molecule has 1 unspecified atom stereocenters.